The summed E-state index contributed by atoms with van der Waals surface area (Å²) in [5.41, 5.74) is 2.68. The van der Waals surface area contributed by atoms with E-state index in [1.165, 1.54) is 0 Å². The van der Waals surface area contributed by atoms with Crippen LogP contribution in [0.3, 0.4) is 0 Å². The Morgan fingerprint density at radius 3 is 2.38 bits per heavy atom. The highest BCUT2D eigenvalue weighted by molar-refractivity contribution is 6.03. The predicted octanol–water partition coefficient (Wildman–Crippen LogP) is 3.77. The van der Waals surface area contributed by atoms with Crippen LogP contribution in [-0.4, -0.2) is 24.5 Å². The van der Waals surface area contributed by atoms with E-state index in [1.54, 1.807) is 4.90 Å². The summed E-state index contributed by atoms with van der Waals surface area (Å²) in [6, 6.07) is 15.0. The van der Waals surface area contributed by atoms with Gasteiger partial charge in [-0.15, -0.1) is 0 Å². The summed E-state index contributed by atoms with van der Waals surface area (Å²) in [6.45, 7) is 6.34. The molecule has 2 amide bonds. The van der Waals surface area contributed by atoms with Gasteiger partial charge >= 0.3 is 0 Å². The Morgan fingerprint density at radius 1 is 1.12 bits per heavy atom. The van der Waals surface area contributed by atoms with Gasteiger partial charge in [0.1, 0.15) is 5.75 Å². The van der Waals surface area contributed by atoms with Crippen molar-refractivity contribution in [2.24, 2.45) is 5.92 Å². The first-order valence-corrected chi connectivity index (χ1v) is 8.87. The lowest BCUT2D eigenvalue weighted by molar-refractivity contribution is -0.122. The molecule has 3 rings (SSSR count). The van der Waals surface area contributed by atoms with Crippen molar-refractivity contribution < 1.29 is 14.3 Å². The summed E-state index contributed by atoms with van der Waals surface area (Å²) in [5, 5.41) is 2.89. The lowest BCUT2D eigenvalue weighted by Crippen LogP contribution is -2.28. The van der Waals surface area contributed by atoms with Crippen LogP contribution in [0.5, 0.6) is 5.75 Å². The van der Waals surface area contributed by atoms with Gasteiger partial charge in [0.25, 0.3) is 0 Å². The van der Waals surface area contributed by atoms with Crippen LogP contribution in [-0.2, 0) is 9.59 Å². The SMILES string of the molecule is Cc1ccc(N2CC(C(=O)Nc3ccc(OC(C)C)cc3)CC2=O)cc1. The zero-order chi connectivity index (χ0) is 18.7. The molecule has 136 valence electrons. The van der Waals surface area contributed by atoms with Crippen LogP contribution < -0.4 is 15.0 Å². The van der Waals surface area contributed by atoms with Crippen molar-refractivity contribution in [3.8, 4) is 5.75 Å². The van der Waals surface area contributed by atoms with Crippen LogP contribution in [0.4, 0.5) is 11.4 Å². The average molecular weight is 352 g/mol. The van der Waals surface area contributed by atoms with Crippen LogP contribution in [0.2, 0.25) is 0 Å². The largest absolute Gasteiger partial charge is 0.491 e. The molecular formula is C21H24N2O3. The first-order valence-electron chi connectivity index (χ1n) is 8.87. The van der Waals surface area contributed by atoms with Crippen LogP contribution in [0.25, 0.3) is 0 Å². The predicted molar refractivity (Wildman–Crippen MR) is 102 cm³/mol. The van der Waals surface area contributed by atoms with Crippen LogP contribution in [0, 0.1) is 12.8 Å². The number of carbonyl (C=O) groups excluding carboxylic acids is 2. The molecule has 0 spiro atoms. The minimum atomic E-state index is -0.351. The van der Waals surface area contributed by atoms with Crippen molar-refractivity contribution >= 4 is 23.2 Å². The molecule has 2 aromatic rings. The number of carbonyl (C=O) groups is 2. The number of aryl methyl sites for hydroxylation is 1. The van der Waals surface area contributed by atoms with Gasteiger partial charge < -0.3 is 15.0 Å². The van der Waals surface area contributed by atoms with E-state index in [-0.39, 0.29) is 30.3 Å². The van der Waals surface area contributed by atoms with Crippen molar-refractivity contribution in [2.75, 3.05) is 16.8 Å². The van der Waals surface area contributed by atoms with E-state index in [1.807, 2.05) is 69.3 Å². The molecule has 5 heteroatoms. The summed E-state index contributed by atoms with van der Waals surface area (Å²) >= 11 is 0. The molecule has 0 saturated carbocycles. The standard InChI is InChI=1S/C21H24N2O3/c1-14(2)26-19-10-6-17(7-11-19)22-21(25)16-12-20(24)23(13-16)18-8-4-15(3)5-9-18/h4-11,14,16H,12-13H2,1-3H3,(H,22,25). The molecule has 0 radical (unpaired) electrons. The van der Waals surface area contributed by atoms with Crippen LogP contribution >= 0.6 is 0 Å². The second kappa shape index (κ2) is 7.60. The minimum Gasteiger partial charge on any atom is -0.491 e. The Labute approximate surface area is 154 Å². The van der Waals surface area contributed by atoms with E-state index in [0.717, 1.165) is 17.0 Å². The molecule has 1 saturated heterocycles. The van der Waals surface area contributed by atoms with Crippen molar-refractivity contribution in [1.29, 1.82) is 0 Å². The number of hydrogen-bond acceptors (Lipinski definition) is 3. The number of nitrogens with zero attached hydrogens (tertiary/aromatic N) is 1. The number of rotatable bonds is 5. The van der Waals surface area contributed by atoms with Gasteiger partial charge in [-0.3, -0.25) is 9.59 Å². The van der Waals surface area contributed by atoms with Crippen LogP contribution in [0.15, 0.2) is 48.5 Å². The first kappa shape index (κ1) is 18.0. The number of ether oxygens (including phenoxy) is 1. The molecule has 1 atom stereocenters. The second-order valence-corrected chi connectivity index (χ2v) is 6.92. The molecule has 1 heterocycles. The lowest BCUT2D eigenvalue weighted by Gasteiger charge is -2.17. The number of amides is 2. The highest BCUT2D eigenvalue weighted by Gasteiger charge is 2.35. The monoisotopic (exact) mass is 352 g/mol. The number of benzene rings is 2. The normalized spacial score (nSPS) is 16.8. The van der Waals surface area contributed by atoms with Gasteiger partial charge in [-0.1, -0.05) is 17.7 Å². The maximum Gasteiger partial charge on any atom is 0.229 e. The van der Waals surface area contributed by atoms with Gasteiger partial charge in [0, 0.05) is 24.3 Å². The third-order valence-electron chi connectivity index (χ3n) is 4.34. The summed E-state index contributed by atoms with van der Waals surface area (Å²) in [4.78, 5) is 26.5. The maximum atomic E-state index is 12.5. The fourth-order valence-corrected chi connectivity index (χ4v) is 2.99. The highest BCUT2D eigenvalue weighted by atomic mass is 16.5. The topological polar surface area (TPSA) is 58.6 Å². The van der Waals surface area contributed by atoms with E-state index >= 15 is 0 Å². The third kappa shape index (κ3) is 4.23. The molecule has 1 N–H and O–H groups in total. The van der Waals surface area contributed by atoms with E-state index in [2.05, 4.69) is 5.32 Å². The minimum absolute atomic E-state index is 0.0188. The molecule has 1 aliphatic rings. The molecule has 1 fully saturated rings. The fourth-order valence-electron chi connectivity index (χ4n) is 2.99. The van der Waals surface area contributed by atoms with Gasteiger partial charge in [-0.05, 0) is 57.2 Å². The van der Waals surface area contributed by atoms with Crippen molar-refractivity contribution in [1.82, 2.24) is 0 Å². The van der Waals surface area contributed by atoms with Gasteiger partial charge in [0.2, 0.25) is 11.8 Å². The molecule has 26 heavy (non-hydrogen) atoms. The summed E-state index contributed by atoms with van der Waals surface area (Å²) in [5.74, 6) is 0.259. The Kier molecular flexibility index (Phi) is 5.26. The van der Waals surface area contributed by atoms with E-state index in [4.69, 9.17) is 4.74 Å². The molecule has 0 aliphatic carbocycles. The van der Waals surface area contributed by atoms with Gasteiger partial charge in [0.15, 0.2) is 0 Å². The van der Waals surface area contributed by atoms with Crippen molar-refractivity contribution in [2.45, 2.75) is 33.3 Å². The molecule has 5 nitrogen and oxygen atoms in total. The Hall–Kier alpha value is -2.82. The lowest BCUT2D eigenvalue weighted by atomic mass is 10.1. The molecule has 0 bridgehead atoms. The Morgan fingerprint density at radius 2 is 1.77 bits per heavy atom. The molecule has 1 aliphatic heterocycles. The molecule has 1 unspecified atom stereocenters. The van der Waals surface area contributed by atoms with Crippen molar-refractivity contribution in [3.63, 3.8) is 0 Å². The number of anilines is 2. The van der Waals surface area contributed by atoms with Gasteiger partial charge in [-0.25, -0.2) is 0 Å². The summed E-state index contributed by atoms with van der Waals surface area (Å²) in [7, 11) is 0. The molecule has 0 aromatic heterocycles. The molecular weight excluding hydrogens is 328 g/mol. The second-order valence-electron chi connectivity index (χ2n) is 6.92. The summed E-state index contributed by atoms with van der Waals surface area (Å²) < 4.78 is 5.60. The van der Waals surface area contributed by atoms with E-state index < -0.39 is 0 Å². The highest BCUT2D eigenvalue weighted by Crippen LogP contribution is 2.26. The Bertz CT molecular complexity index is 782. The zero-order valence-electron chi connectivity index (χ0n) is 15.4. The average Bonchev–Trinajstić information content (AvgIpc) is 2.99. The van der Waals surface area contributed by atoms with Gasteiger partial charge in [0.05, 0.1) is 12.0 Å². The first-order chi connectivity index (χ1) is 12.4. The summed E-state index contributed by atoms with van der Waals surface area (Å²) in [6.07, 6.45) is 0.335. The molecule has 2 aromatic carbocycles. The van der Waals surface area contributed by atoms with E-state index in [0.29, 0.717) is 12.2 Å². The third-order valence-corrected chi connectivity index (χ3v) is 4.34. The number of hydrogen-bond donors (Lipinski definition) is 1. The zero-order valence-corrected chi connectivity index (χ0v) is 15.4. The smallest absolute Gasteiger partial charge is 0.229 e. The van der Waals surface area contributed by atoms with Crippen molar-refractivity contribution in [3.05, 3.63) is 54.1 Å². The quantitative estimate of drug-likeness (QED) is 0.891. The Balaban J connectivity index is 1.62. The van der Waals surface area contributed by atoms with Crippen LogP contribution in [0.1, 0.15) is 25.8 Å². The number of nitrogens with one attached hydrogen (secondary N) is 1. The maximum absolute atomic E-state index is 12.5. The fraction of sp³-hybridized carbons (Fsp3) is 0.333. The van der Waals surface area contributed by atoms with Gasteiger partial charge in [-0.2, -0.15) is 0 Å². The van der Waals surface area contributed by atoms with E-state index in [9.17, 15) is 9.59 Å².